The van der Waals surface area contributed by atoms with Crippen LogP contribution in [0, 0.1) is 0 Å². The van der Waals surface area contributed by atoms with E-state index in [1.165, 1.54) is 43.8 Å². The molecule has 0 saturated carbocycles. The maximum Gasteiger partial charge on any atom is 0.306 e. The Kier molecular flexibility index (Phi) is 9.28. The number of amides is 1. The lowest BCUT2D eigenvalue weighted by molar-refractivity contribution is -0.144. The van der Waals surface area contributed by atoms with Crippen molar-refractivity contribution in [2.45, 2.75) is 31.1 Å². The van der Waals surface area contributed by atoms with Gasteiger partial charge in [-0.1, -0.05) is 6.92 Å². The molecule has 0 atom stereocenters. The second-order valence-corrected chi connectivity index (χ2v) is 8.36. The zero-order valence-electron chi connectivity index (χ0n) is 17.5. The predicted octanol–water partition coefficient (Wildman–Crippen LogP) is 1.83. The van der Waals surface area contributed by atoms with E-state index in [4.69, 9.17) is 21.7 Å². The molecule has 172 valence electrons. The Morgan fingerprint density at radius 3 is 2.44 bits per heavy atom. The number of hydrogen-bond acceptors (Lipinski definition) is 9. The van der Waals surface area contributed by atoms with Crippen LogP contribution in [-0.4, -0.2) is 49.1 Å². The first-order chi connectivity index (χ1) is 15.2. The number of hydrogen-bond donors (Lipinski definition) is 3. The van der Waals surface area contributed by atoms with Crippen LogP contribution in [0.4, 0.5) is 11.5 Å². The van der Waals surface area contributed by atoms with Crippen LogP contribution in [0.3, 0.4) is 0 Å². The van der Waals surface area contributed by atoms with Crippen molar-refractivity contribution in [2.75, 3.05) is 23.8 Å². The van der Waals surface area contributed by atoms with Crippen molar-refractivity contribution in [1.82, 2.24) is 15.3 Å². The molecule has 1 aromatic carbocycles. The molecule has 11 nitrogen and oxygen atoms in total. The number of rotatable bonds is 10. The summed E-state index contributed by atoms with van der Waals surface area (Å²) in [5.41, 5.74) is 0.452. The summed E-state index contributed by atoms with van der Waals surface area (Å²) in [6.07, 6.45) is 3.29. The molecule has 0 aliphatic carbocycles. The van der Waals surface area contributed by atoms with E-state index < -0.39 is 21.9 Å². The van der Waals surface area contributed by atoms with Crippen LogP contribution in [0.2, 0.25) is 0 Å². The van der Waals surface area contributed by atoms with Crippen molar-refractivity contribution in [3.05, 3.63) is 36.7 Å². The van der Waals surface area contributed by atoms with E-state index >= 15 is 0 Å². The van der Waals surface area contributed by atoms with Gasteiger partial charge in [0, 0.05) is 24.5 Å². The van der Waals surface area contributed by atoms with Crippen LogP contribution in [-0.2, 0) is 24.3 Å². The molecule has 2 aromatic rings. The molecule has 0 unspecified atom stereocenters. The zero-order valence-corrected chi connectivity index (χ0v) is 19.1. The first kappa shape index (κ1) is 24.9. The smallest absolute Gasteiger partial charge is 0.306 e. The minimum Gasteiger partial charge on any atom is -0.478 e. The van der Waals surface area contributed by atoms with E-state index in [0.29, 0.717) is 18.7 Å². The van der Waals surface area contributed by atoms with E-state index in [0.717, 1.165) is 0 Å². The second kappa shape index (κ2) is 11.9. The topological polar surface area (TPSA) is 149 Å². The van der Waals surface area contributed by atoms with Gasteiger partial charge < -0.3 is 20.1 Å². The molecule has 0 fully saturated rings. The van der Waals surface area contributed by atoms with Gasteiger partial charge in [-0.05, 0) is 42.9 Å². The highest BCUT2D eigenvalue weighted by atomic mass is 32.2. The SMILES string of the molecule is CCCOC(=O)CCC(=O)NC(=S)Nc1ccc(S(=O)(=O)Nc2nccnc2OC)cc1. The molecule has 1 amide bonds. The van der Waals surface area contributed by atoms with Gasteiger partial charge in [0.05, 0.1) is 25.0 Å². The number of benzene rings is 1. The van der Waals surface area contributed by atoms with E-state index in [-0.39, 0.29) is 34.5 Å². The Balaban J connectivity index is 1.91. The predicted molar refractivity (Wildman–Crippen MR) is 121 cm³/mol. The number of nitrogens with zero attached hydrogens (tertiary/aromatic N) is 2. The highest BCUT2D eigenvalue weighted by Gasteiger charge is 2.18. The minimum atomic E-state index is -3.94. The lowest BCUT2D eigenvalue weighted by Gasteiger charge is -2.12. The highest BCUT2D eigenvalue weighted by molar-refractivity contribution is 7.92. The van der Waals surface area contributed by atoms with Gasteiger partial charge in [-0.3, -0.25) is 14.3 Å². The molecular formula is C19H23N5O6S2. The fraction of sp³-hybridized carbons (Fsp3) is 0.316. The quantitative estimate of drug-likeness (QED) is 0.339. The second-order valence-electron chi connectivity index (χ2n) is 6.27. The molecule has 0 aliphatic heterocycles. The summed E-state index contributed by atoms with van der Waals surface area (Å²) >= 11 is 5.06. The summed E-state index contributed by atoms with van der Waals surface area (Å²) in [7, 11) is -2.59. The highest BCUT2D eigenvalue weighted by Crippen LogP contribution is 2.22. The minimum absolute atomic E-state index is 0.00922. The normalized spacial score (nSPS) is 10.7. The summed E-state index contributed by atoms with van der Waals surface area (Å²) in [4.78, 5) is 31.1. The number of methoxy groups -OCH3 is 1. The molecule has 0 radical (unpaired) electrons. The monoisotopic (exact) mass is 481 g/mol. The number of esters is 1. The summed E-state index contributed by atoms with van der Waals surface area (Å²) in [6, 6.07) is 5.65. The third kappa shape index (κ3) is 7.74. The molecule has 0 aliphatic rings. The number of thiocarbonyl (C=S) groups is 1. The number of sulfonamides is 1. The van der Waals surface area contributed by atoms with Crippen LogP contribution in [0.1, 0.15) is 26.2 Å². The zero-order chi connectivity index (χ0) is 23.6. The van der Waals surface area contributed by atoms with Crippen molar-refractivity contribution in [3.8, 4) is 5.88 Å². The van der Waals surface area contributed by atoms with Crippen LogP contribution < -0.4 is 20.1 Å². The maximum atomic E-state index is 12.6. The largest absolute Gasteiger partial charge is 0.478 e. The van der Waals surface area contributed by atoms with Crippen LogP contribution in [0.5, 0.6) is 5.88 Å². The van der Waals surface area contributed by atoms with Gasteiger partial charge in [-0.15, -0.1) is 0 Å². The van der Waals surface area contributed by atoms with Crippen LogP contribution >= 0.6 is 12.2 Å². The van der Waals surface area contributed by atoms with Crippen molar-refractivity contribution in [1.29, 1.82) is 0 Å². The molecule has 32 heavy (non-hydrogen) atoms. The van der Waals surface area contributed by atoms with Gasteiger partial charge in [0.1, 0.15) is 0 Å². The number of carbonyl (C=O) groups is 2. The lowest BCUT2D eigenvalue weighted by Crippen LogP contribution is -2.34. The van der Waals surface area contributed by atoms with Crippen LogP contribution in [0.25, 0.3) is 0 Å². The van der Waals surface area contributed by atoms with Gasteiger partial charge in [0.25, 0.3) is 15.9 Å². The molecule has 1 heterocycles. The Hall–Kier alpha value is -3.32. The molecule has 0 bridgehead atoms. The number of aromatic nitrogens is 2. The molecule has 0 saturated heterocycles. The van der Waals surface area contributed by atoms with Crippen molar-refractivity contribution in [3.63, 3.8) is 0 Å². The van der Waals surface area contributed by atoms with Crippen molar-refractivity contribution < 1.29 is 27.5 Å². The Bertz CT molecular complexity index is 1060. The van der Waals surface area contributed by atoms with E-state index in [2.05, 4.69) is 25.3 Å². The van der Waals surface area contributed by atoms with Gasteiger partial charge in [-0.2, -0.15) is 0 Å². The molecule has 1 aromatic heterocycles. The average molecular weight is 482 g/mol. The van der Waals surface area contributed by atoms with Gasteiger partial charge >= 0.3 is 5.97 Å². The molecular weight excluding hydrogens is 458 g/mol. The number of anilines is 2. The standard InChI is InChI=1S/C19H23N5O6S2/c1-3-12-30-16(26)9-8-15(25)23-19(31)22-13-4-6-14(7-5-13)32(27,28)24-17-18(29-2)21-11-10-20-17/h4-7,10-11H,3,8-9,12H2,1-2H3,(H,20,24)(H2,22,23,25,31). The summed E-state index contributed by atoms with van der Waals surface area (Å²) in [5, 5.41) is 5.22. The van der Waals surface area contributed by atoms with Gasteiger partial charge in [0.15, 0.2) is 5.11 Å². The summed E-state index contributed by atoms with van der Waals surface area (Å²) in [6.45, 7) is 2.19. The van der Waals surface area contributed by atoms with Gasteiger partial charge in [-0.25, -0.2) is 18.4 Å². The van der Waals surface area contributed by atoms with Gasteiger partial charge in [0.2, 0.25) is 11.7 Å². The Labute approximate surface area is 191 Å². The van der Waals surface area contributed by atoms with Crippen LogP contribution in [0.15, 0.2) is 41.6 Å². The lowest BCUT2D eigenvalue weighted by atomic mass is 10.3. The van der Waals surface area contributed by atoms with Crippen molar-refractivity contribution in [2.24, 2.45) is 0 Å². The first-order valence-corrected chi connectivity index (χ1v) is 11.4. The number of ether oxygens (including phenoxy) is 2. The first-order valence-electron chi connectivity index (χ1n) is 9.49. The number of carbonyl (C=O) groups excluding carboxylic acids is 2. The summed E-state index contributed by atoms with van der Waals surface area (Å²) in [5.74, 6) is -0.906. The fourth-order valence-electron chi connectivity index (χ4n) is 2.30. The third-order valence-electron chi connectivity index (χ3n) is 3.79. The van der Waals surface area contributed by atoms with E-state index in [1.54, 1.807) is 0 Å². The maximum absolute atomic E-state index is 12.6. The molecule has 13 heteroatoms. The summed E-state index contributed by atoms with van der Waals surface area (Å²) < 4.78 is 37.3. The fourth-order valence-corrected chi connectivity index (χ4v) is 3.54. The number of nitrogens with one attached hydrogen (secondary N) is 3. The third-order valence-corrected chi connectivity index (χ3v) is 5.35. The average Bonchev–Trinajstić information content (AvgIpc) is 2.76. The molecule has 0 spiro atoms. The molecule has 3 N–H and O–H groups in total. The molecule has 2 rings (SSSR count). The Morgan fingerprint density at radius 2 is 1.78 bits per heavy atom. The van der Waals surface area contributed by atoms with E-state index in [9.17, 15) is 18.0 Å². The Morgan fingerprint density at radius 1 is 1.09 bits per heavy atom. The van der Waals surface area contributed by atoms with Crippen molar-refractivity contribution >= 4 is 50.7 Å². The van der Waals surface area contributed by atoms with E-state index in [1.807, 2.05) is 6.92 Å².